The van der Waals surface area contributed by atoms with E-state index in [-0.39, 0.29) is 24.3 Å². The molecule has 0 spiro atoms. The van der Waals surface area contributed by atoms with Crippen molar-refractivity contribution in [3.8, 4) is 0 Å². The van der Waals surface area contributed by atoms with Crippen LogP contribution in [0.4, 0.5) is 5.69 Å². The first-order valence-electron chi connectivity index (χ1n) is 7.37. The number of aryl methyl sites for hydroxylation is 1. The van der Waals surface area contributed by atoms with Gasteiger partial charge in [-0.25, -0.2) is 5.48 Å². The number of carbonyl (C=O) groups excluding carboxylic acids is 2. The molecule has 1 saturated heterocycles. The molecule has 0 saturated carbocycles. The molecule has 1 aromatic carbocycles. The summed E-state index contributed by atoms with van der Waals surface area (Å²) < 4.78 is 0. The summed E-state index contributed by atoms with van der Waals surface area (Å²) in [4.78, 5) is 32.4. The third-order valence-electron chi connectivity index (χ3n) is 4.01. The topological polar surface area (TPSA) is 58.6 Å². The van der Waals surface area contributed by atoms with Gasteiger partial charge in [-0.3, -0.25) is 14.4 Å². The van der Waals surface area contributed by atoms with E-state index in [2.05, 4.69) is 5.48 Å². The summed E-state index contributed by atoms with van der Waals surface area (Å²) in [6.07, 6.45) is 0.172. The van der Waals surface area contributed by atoms with Gasteiger partial charge in [-0.15, -0.1) is 11.3 Å². The number of anilines is 1. The van der Waals surface area contributed by atoms with Crippen molar-refractivity contribution in [2.45, 2.75) is 19.4 Å². The molecule has 23 heavy (non-hydrogen) atoms. The lowest BCUT2D eigenvalue weighted by molar-refractivity contribution is -0.136. The summed E-state index contributed by atoms with van der Waals surface area (Å²) in [5.74, 6) is -0.792. The number of nitrogens with one attached hydrogen (secondary N) is 1. The zero-order valence-electron chi connectivity index (χ0n) is 13.0. The van der Waals surface area contributed by atoms with Gasteiger partial charge in [0.05, 0.1) is 19.1 Å². The molecule has 1 fully saturated rings. The number of benzene rings is 1. The maximum Gasteiger partial charge on any atom is 0.249 e. The maximum absolute atomic E-state index is 12.6. The predicted molar refractivity (Wildman–Crippen MR) is 89.0 cm³/mol. The van der Waals surface area contributed by atoms with E-state index in [1.807, 2.05) is 48.7 Å². The summed E-state index contributed by atoms with van der Waals surface area (Å²) in [5.41, 5.74) is 4.31. The first-order chi connectivity index (χ1) is 11.1. The van der Waals surface area contributed by atoms with Gasteiger partial charge in [0.1, 0.15) is 0 Å². The molecule has 0 radical (unpaired) electrons. The SMILES string of the molecule is CONC(=O)[C@@H]1CC(=O)N(c2ccc(C)cc2)[C@@H]1c1cccs1. The third kappa shape index (κ3) is 3.00. The highest BCUT2D eigenvalue weighted by molar-refractivity contribution is 7.10. The number of carbonyl (C=O) groups is 2. The Morgan fingerprint density at radius 2 is 2.04 bits per heavy atom. The van der Waals surface area contributed by atoms with Gasteiger partial charge in [-0.05, 0) is 30.5 Å². The highest BCUT2D eigenvalue weighted by Crippen LogP contribution is 2.42. The molecule has 5 nitrogen and oxygen atoms in total. The number of rotatable bonds is 4. The van der Waals surface area contributed by atoms with Crippen LogP contribution in [0.2, 0.25) is 0 Å². The molecule has 2 heterocycles. The standard InChI is InChI=1S/C17H18N2O3S/c1-11-5-7-12(8-6-11)19-15(20)10-13(17(21)18-22-2)16(19)14-4-3-9-23-14/h3-9,13,16H,10H2,1-2H3,(H,18,21)/t13-,16+/m1/s1. The lowest BCUT2D eigenvalue weighted by Gasteiger charge is -2.27. The highest BCUT2D eigenvalue weighted by atomic mass is 32.1. The van der Waals surface area contributed by atoms with Crippen LogP contribution >= 0.6 is 11.3 Å². The first-order valence-corrected chi connectivity index (χ1v) is 8.24. The number of hydroxylamine groups is 1. The minimum Gasteiger partial charge on any atom is -0.303 e. The quantitative estimate of drug-likeness (QED) is 0.877. The zero-order valence-corrected chi connectivity index (χ0v) is 13.8. The largest absolute Gasteiger partial charge is 0.303 e. The van der Waals surface area contributed by atoms with Crippen LogP contribution in [-0.2, 0) is 14.4 Å². The van der Waals surface area contributed by atoms with E-state index in [4.69, 9.17) is 4.84 Å². The van der Waals surface area contributed by atoms with E-state index in [0.717, 1.165) is 16.1 Å². The van der Waals surface area contributed by atoms with Gasteiger partial charge < -0.3 is 4.90 Å². The van der Waals surface area contributed by atoms with Gasteiger partial charge in [0.25, 0.3) is 0 Å². The van der Waals surface area contributed by atoms with Crippen LogP contribution in [0.25, 0.3) is 0 Å². The van der Waals surface area contributed by atoms with Crippen molar-refractivity contribution in [1.82, 2.24) is 5.48 Å². The Kier molecular flexibility index (Phi) is 4.45. The normalized spacial score (nSPS) is 20.8. The van der Waals surface area contributed by atoms with Gasteiger partial charge in [-0.2, -0.15) is 0 Å². The molecule has 1 N–H and O–H groups in total. The van der Waals surface area contributed by atoms with Gasteiger partial charge in [0.2, 0.25) is 11.8 Å². The molecule has 2 amide bonds. The Balaban J connectivity index is 2.01. The monoisotopic (exact) mass is 330 g/mol. The Morgan fingerprint density at radius 1 is 1.30 bits per heavy atom. The van der Waals surface area contributed by atoms with Gasteiger partial charge in [-0.1, -0.05) is 23.8 Å². The van der Waals surface area contributed by atoms with Crippen molar-refractivity contribution in [3.63, 3.8) is 0 Å². The second kappa shape index (κ2) is 6.52. The molecule has 1 aromatic heterocycles. The fourth-order valence-electron chi connectivity index (χ4n) is 2.94. The van der Waals surface area contributed by atoms with E-state index in [0.29, 0.717) is 0 Å². The molecule has 1 aliphatic rings. The third-order valence-corrected chi connectivity index (χ3v) is 4.95. The lowest BCUT2D eigenvalue weighted by atomic mass is 9.98. The maximum atomic E-state index is 12.6. The van der Waals surface area contributed by atoms with Crippen LogP contribution in [0, 0.1) is 12.8 Å². The number of nitrogens with zero attached hydrogens (tertiary/aromatic N) is 1. The van der Waals surface area contributed by atoms with Crippen molar-refractivity contribution in [2.75, 3.05) is 12.0 Å². The number of hydrogen-bond acceptors (Lipinski definition) is 4. The second-order valence-corrected chi connectivity index (χ2v) is 6.52. The molecule has 6 heteroatoms. The molecular weight excluding hydrogens is 312 g/mol. The molecule has 0 unspecified atom stereocenters. The average molecular weight is 330 g/mol. The minimum atomic E-state index is -0.470. The van der Waals surface area contributed by atoms with Crippen molar-refractivity contribution in [2.24, 2.45) is 5.92 Å². The smallest absolute Gasteiger partial charge is 0.249 e. The number of thiophene rings is 1. The van der Waals surface area contributed by atoms with Crippen molar-refractivity contribution >= 4 is 28.8 Å². The second-order valence-electron chi connectivity index (χ2n) is 5.54. The summed E-state index contributed by atoms with van der Waals surface area (Å²) in [5, 5.41) is 1.96. The summed E-state index contributed by atoms with van der Waals surface area (Å²) in [6.45, 7) is 2.00. The average Bonchev–Trinajstić information content (AvgIpc) is 3.16. The van der Waals surface area contributed by atoms with Gasteiger partial charge in [0.15, 0.2) is 0 Å². The molecule has 120 valence electrons. The fourth-order valence-corrected chi connectivity index (χ4v) is 3.82. The summed E-state index contributed by atoms with van der Waals surface area (Å²) in [7, 11) is 1.40. The van der Waals surface area contributed by atoms with Gasteiger partial charge in [0, 0.05) is 17.0 Å². The Hall–Kier alpha value is -2.18. The molecule has 3 rings (SSSR count). The molecule has 0 bridgehead atoms. The van der Waals surface area contributed by atoms with Crippen LogP contribution in [0.3, 0.4) is 0 Å². The highest BCUT2D eigenvalue weighted by Gasteiger charge is 2.45. The first kappa shape index (κ1) is 15.7. The van der Waals surface area contributed by atoms with Crippen molar-refractivity contribution < 1.29 is 14.4 Å². The van der Waals surface area contributed by atoms with E-state index in [1.54, 1.807) is 16.2 Å². The Morgan fingerprint density at radius 3 is 2.65 bits per heavy atom. The fraction of sp³-hybridized carbons (Fsp3) is 0.294. The Bertz CT molecular complexity index is 697. The predicted octanol–water partition coefficient (Wildman–Crippen LogP) is 2.83. The minimum absolute atomic E-state index is 0.0523. The van der Waals surface area contributed by atoms with Gasteiger partial charge >= 0.3 is 0 Å². The van der Waals surface area contributed by atoms with Crippen LogP contribution in [0.1, 0.15) is 22.9 Å². The number of hydrogen-bond donors (Lipinski definition) is 1. The van der Waals surface area contributed by atoms with Crippen LogP contribution < -0.4 is 10.4 Å². The molecule has 2 aromatic rings. The van der Waals surface area contributed by atoms with E-state index in [1.165, 1.54) is 7.11 Å². The van der Waals surface area contributed by atoms with E-state index in [9.17, 15) is 9.59 Å². The Labute approximate surface area is 138 Å². The molecule has 0 aliphatic carbocycles. The summed E-state index contributed by atoms with van der Waals surface area (Å²) >= 11 is 1.55. The van der Waals surface area contributed by atoms with Crippen molar-refractivity contribution in [1.29, 1.82) is 0 Å². The van der Waals surface area contributed by atoms with E-state index >= 15 is 0 Å². The lowest BCUT2D eigenvalue weighted by Crippen LogP contribution is -2.34. The van der Waals surface area contributed by atoms with Crippen LogP contribution in [-0.4, -0.2) is 18.9 Å². The van der Waals surface area contributed by atoms with Crippen LogP contribution in [0.15, 0.2) is 41.8 Å². The molecular formula is C17H18N2O3S. The van der Waals surface area contributed by atoms with Crippen molar-refractivity contribution in [3.05, 3.63) is 52.2 Å². The molecule has 1 aliphatic heterocycles. The van der Waals surface area contributed by atoms with E-state index < -0.39 is 5.92 Å². The van der Waals surface area contributed by atoms with Crippen LogP contribution in [0.5, 0.6) is 0 Å². The molecule has 2 atom stereocenters. The number of amides is 2. The zero-order chi connectivity index (χ0) is 16.4. The summed E-state index contributed by atoms with van der Waals surface area (Å²) in [6, 6.07) is 11.4.